The van der Waals surface area contributed by atoms with Crippen LogP contribution in [-0.2, 0) is 14.6 Å². The number of carbonyl (C=O) groups excluding carboxylic acids is 1. The van der Waals surface area contributed by atoms with Crippen LogP contribution in [0.1, 0.15) is 6.42 Å². The summed E-state index contributed by atoms with van der Waals surface area (Å²) in [6, 6.07) is 12.9. The number of methoxy groups -OCH3 is 1. The fraction of sp³-hybridized carbons (Fsp3) is 0.278. The summed E-state index contributed by atoms with van der Waals surface area (Å²) in [5, 5.41) is 3.09. The molecule has 6 nitrogen and oxygen atoms in total. The fourth-order valence-corrected chi connectivity index (χ4v) is 3.47. The van der Waals surface area contributed by atoms with E-state index in [1.165, 1.54) is 24.3 Å². The fourth-order valence-electron chi connectivity index (χ4n) is 2.11. The highest BCUT2D eigenvalue weighted by Crippen LogP contribution is 2.17. The topological polar surface area (TPSA) is 81.7 Å². The lowest BCUT2D eigenvalue weighted by atomic mass is 10.3. The number of rotatable bonds is 9. The van der Waals surface area contributed by atoms with Gasteiger partial charge in [-0.25, -0.2) is 8.42 Å². The average Bonchev–Trinajstić information content (AvgIpc) is 2.64. The number of carbonyl (C=O) groups is 1. The first-order valence-electron chi connectivity index (χ1n) is 7.92. The lowest BCUT2D eigenvalue weighted by molar-refractivity contribution is -0.120. The van der Waals surface area contributed by atoms with Crippen LogP contribution >= 0.6 is 11.6 Å². The molecule has 0 radical (unpaired) electrons. The second kappa shape index (κ2) is 9.45. The summed E-state index contributed by atoms with van der Waals surface area (Å²) in [4.78, 5) is 12.0. The van der Waals surface area contributed by atoms with E-state index in [1.807, 2.05) is 0 Å². The molecule has 0 aliphatic rings. The highest BCUT2D eigenvalue weighted by Gasteiger charge is 2.16. The molecule has 140 valence electrons. The molecule has 26 heavy (non-hydrogen) atoms. The molecule has 0 spiro atoms. The Kier molecular flexibility index (Phi) is 7.29. The van der Waals surface area contributed by atoms with Crippen molar-refractivity contribution in [3.8, 4) is 11.5 Å². The van der Waals surface area contributed by atoms with Gasteiger partial charge in [0, 0.05) is 11.4 Å². The molecular formula is C18H20ClNO5S. The van der Waals surface area contributed by atoms with Gasteiger partial charge in [-0.2, -0.15) is 0 Å². The molecule has 0 aliphatic heterocycles. The molecule has 0 saturated heterocycles. The highest BCUT2D eigenvalue weighted by molar-refractivity contribution is 7.91. The van der Waals surface area contributed by atoms with Crippen molar-refractivity contribution in [2.45, 2.75) is 11.3 Å². The molecule has 0 bridgehead atoms. The van der Waals surface area contributed by atoms with Gasteiger partial charge in [-0.1, -0.05) is 11.6 Å². The largest absolute Gasteiger partial charge is 0.497 e. The monoisotopic (exact) mass is 397 g/mol. The van der Waals surface area contributed by atoms with Gasteiger partial charge in [0.2, 0.25) is 5.91 Å². The Morgan fingerprint density at radius 3 is 2.27 bits per heavy atom. The molecule has 0 fully saturated rings. The number of amides is 1. The van der Waals surface area contributed by atoms with E-state index in [1.54, 1.807) is 31.4 Å². The van der Waals surface area contributed by atoms with Crippen molar-refractivity contribution >= 4 is 27.3 Å². The summed E-state index contributed by atoms with van der Waals surface area (Å²) in [5.41, 5.74) is 0. The number of hydrogen-bond acceptors (Lipinski definition) is 5. The Morgan fingerprint density at radius 2 is 1.65 bits per heavy atom. The van der Waals surface area contributed by atoms with Crippen LogP contribution in [0.5, 0.6) is 11.5 Å². The van der Waals surface area contributed by atoms with E-state index in [4.69, 9.17) is 21.1 Å². The quantitative estimate of drug-likeness (QED) is 0.658. The van der Waals surface area contributed by atoms with Crippen LogP contribution in [0.2, 0.25) is 5.02 Å². The summed E-state index contributed by atoms with van der Waals surface area (Å²) >= 11 is 5.74. The van der Waals surface area contributed by atoms with Gasteiger partial charge >= 0.3 is 0 Å². The van der Waals surface area contributed by atoms with E-state index in [0.29, 0.717) is 10.8 Å². The number of benzene rings is 2. The SMILES string of the molecule is COc1ccc(OCCNC(=O)CCS(=O)(=O)c2ccc(Cl)cc2)cc1. The lowest BCUT2D eigenvalue weighted by Gasteiger charge is -2.09. The minimum atomic E-state index is -3.51. The standard InChI is InChI=1S/C18H20ClNO5S/c1-24-15-4-6-16(7-5-15)25-12-11-20-18(21)10-13-26(22,23)17-8-2-14(19)3-9-17/h2-9H,10-13H2,1H3,(H,20,21). The van der Waals surface area contributed by atoms with Crippen LogP contribution in [-0.4, -0.2) is 40.3 Å². The van der Waals surface area contributed by atoms with E-state index in [0.717, 1.165) is 5.75 Å². The molecule has 0 saturated carbocycles. The Balaban J connectivity index is 1.70. The highest BCUT2D eigenvalue weighted by atomic mass is 35.5. The van der Waals surface area contributed by atoms with Gasteiger partial charge in [0.05, 0.1) is 24.3 Å². The molecular weight excluding hydrogens is 378 g/mol. The van der Waals surface area contributed by atoms with Gasteiger partial charge in [-0.05, 0) is 48.5 Å². The second-order valence-corrected chi connectivity index (χ2v) is 7.94. The molecule has 2 rings (SSSR count). The van der Waals surface area contributed by atoms with Crippen molar-refractivity contribution in [2.75, 3.05) is 26.0 Å². The second-order valence-electron chi connectivity index (χ2n) is 5.40. The Morgan fingerprint density at radius 1 is 1.04 bits per heavy atom. The van der Waals surface area contributed by atoms with Crippen LogP contribution in [0.15, 0.2) is 53.4 Å². The van der Waals surface area contributed by atoms with E-state index in [-0.39, 0.29) is 36.1 Å². The summed E-state index contributed by atoms with van der Waals surface area (Å²) in [7, 11) is -1.93. The molecule has 2 aromatic rings. The molecule has 0 aromatic heterocycles. The first-order chi connectivity index (χ1) is 12.4. The van der Waals surface area contributed by atoms with Crippen LogP contribution < -0.4 is 14.8 Å². The predicted octanol–water partition coefficient (Wildman–Crippen LogP) is 2.71. The summed E-state index contributed by atoms with van der Waals surface area (Å²) in [6.45, 7) is 0.563. The zero-order valence-electron chi connectivity index (χ0n) is 14.3. The van der Waals surface area contributed by atoms with Crippen LogP contribution in [0.3, 0.4) is 0 Å². The zero-order valence-corrected chi connectivity index (χ0v) is 15.8. The van der Waals surface area contributed by atoms with Gasteiger partial charge in [0.1, 0.15) is 18.1 Å². The molecule has 0 unspecified atom stereocenters. The van der Waals surface area contributed by atoms with Crippen molar-refractivity contribution < 1.29 is 22.7 Å². The molecule has 0 atom stereocenters. The molecule has 0 heterocycles. The van der Waals surface area contributed by atoms with E-state index < -0.39 is 9.84 Å². The van der Waals surface area contributed by atoms with Crippen molar-refractivity contribution in [1.82, 2.24) is 5.32 Å². The first kappa shape index (κ1) is 20.1. The van der Waals surface area contributed by atoms with Crippen molar-refractivity contribution in [3.63, 3.8) is 0 Å². The number of sulfone groups is 1. The normalized spacial score (nSPS) is 11.0. The number of halogens is 1. The van der Waals surface area contributed by atoms with Crippen molar-refractivity contribution in [3.05, 3.63) is 53.6 Å². The summed E-state index contributed by atoms with van der Waals surface area (Å²) < 4.78 is 34.8. The predicted molar refractivity (Wildman–Crippen MR) is 99.6 cm³/mol. The average molecular weight is 398 g/mol. The maximum absolute atomic E-state index is 12.2. The maximum Gasteiger partial charge on any atom is 0.221 e. The van der Waals surface area contributed by atoms with Gasteiger partial charge in [-0.15, -0.1) is 0 Å². The van der Waals surface area contributed by atoms with E-state index in [2.05, 4.69) is 5.32 Å². The summed E-state index contributed by atoms with van der Waals surface area (Å²) in [5.74, 6) is 0.776. The molecule has 1 N–H and O–H groups in total. The van der Waals surface area contributed by atoms with Crippen LogP contribution in [0.25, 0.3) is 0 Å². The lowest BCUT2D eigenvalue weighted by Crippen LogP contribution is -2.29. The molecule has 8 heteroatoms. The minimum absolute atomic E-state index is 0.118. The van der Waals surface area contributed by atoms with E-state index >= 15 is 0 Å². The first-order valence-corrected chi connectivity index (χ1v) is 9.95. The van der Waals surface area contributed by atoms with Crippen molar-refractivity contribution in [2.24, 2.45) is 0 Å². The summed E-state index contributed by atoms with van der Waals surface area (Å²) in [6.07, 6.45) is -0.118. The van der Waals surface area contributed by atoms with Gasteiger partial charge < -0.3 is 14.8 Å². The van der Waals surface area contributed by atoms with Gasteiger partial charge in [0.15, 0.2) is 9.84 Å². The third-order valence-corrected chi connectivity index (χ3v) is 5.51. The Hall–Kier alpha value is -2.25. The Labute approximate surface area is 158 Å². The molecule has 0 aliphatic carbocycles. The third-order valence-electron chi connectivity index (χ3n) is 3.52. The van der Waals surface area contributed by atoms with E-state index in [9.17, 15) is 13.2 Å². The Bertz CT molecular complexity index is 820. The van der Waals surface area contributed by atoms with Gasteiger partial charge in [-0.3, -0.25) is 4.79 Å². The molecule has 1 amide bonds. The van der Waals surface area contributed by atoms with Crippen LogP contribution in [0.4, 0.5) is 0 Å². The maximum atomic E-state index is 12.2. The number of ether oxygens (including phenoxy) is 2. The van der Waals surface area contributed by atoms with Gasteiger partial charge in [0.25, 0.3) is 0 Å². The number of nitrogens with one attached hydrogen (secondary N) is 1. The molecule has 2 aromatic carbocycles. The smallest absolute Gasteiger partial charge is 0.221 e. The van der Waals surface area contributed by atoms with Crippen LogP contribution in [0, 0.1) is 0 Å². The minimum Gasteiger partial charge on any atom is -0.497 e. The number of hydrogen-bond donors (Lipinski definition) is 1. The third kappa shape index (κ3) is 6.24. The van der Waals surface area contributed by atoms with Crippen molar-refractivity contribution in [1.29, 1.82) is 0 Å². The zero-order chi connectivity index (χ0) is 19.0.